The molecule has 2 atom stereocenters. The Balaban J connectivity index is 2.12. The largest absolute Gasteiger partial charge is 0.473 e. The second-order valence-electron chi connectivity index (χ2n) is 10.5. The van der Waals surface area contributed by atoms with Crippen molar-refractivity contribution in [2.45, 2.75) is 63.9 Å². The summed E-state index contributed by atoms with van der Waals surface area (Å²) in [6.07, 6.45) is -8.84. The van der Waals surface area contributed by atoms with E-state index in [9.17, 15) is 46.2 Å². The van der Waals surface area contributed by atoms with Crippen LogP contribution in [0.4, 0.5) is 32.4 Å². The highest BCUT2D eigenvalue weighted by Gasteiger charge is 2.48. The van der Waals surface area contributed by atoms with Crippen molar-refractivity contribution < 1.29 is 55.7 Å². The van der Waals surface area contributed by atoms with Crippen LogP contribution < -0.4 is 15.0 Å². The number of benzene rings is 1. The zero-order valence-electron chi connectivity index (χ0n) is 23.5. The number of carbonyl (C=O) groups excluding carboxylic acids is 3. The van der Waals surface area contributed by atoms with E-state index in [0.29, 0.717) is 18.9 Å². The minimum atomic E-state index is -5.04. The number of anilines is 1. The van der Waals surface area contributed by atoms with E-state index in [1.165, 1.54) is 18.9 Å². The first-order valence-corrected chi connectivity index (χ1v) is 13.1. The fourth-order valence-electron chi connectivity index (χ4n) is 5.23. The van der Waals surface area contributed by atoms with Gasteiger partial charge in [0.2, 0.25) is 5.60 Å². The predicted molar refractivity (Wildman–Crippen MR) is 138 cm³/mol. The molecular weight excluding hydrogens is 575 g/mol. The number of carbonyl (C=O) groups is 4. The average Bonchev–Trinajstić information content (AvgIpc) is 2.89. The topological polar surface area (TPSA) is 129 Å². The summed E-state index contributed by atoms with van der Waals surface area (Å²) in [4.78, 5) is 53.5. The Hall–Kier alpha value is -3.69. The number of halogens is 5. The van der Waals surface area contributed by atoms with E-state index in [0.717, 1.165) is 15.9 Å². The summed E-state index contributed by atoms with van der Waals surface area (Å²) in [5, 5.41) is 11.4. The fourth-order valence-corrected chi connectivity index (χ4v) is 5.23. The van der Waals surface area contributed by atoms with Crippen LogP contribution in [0, 0.1) is 0 Å². The Morgan fingerprint density at radius 2 is 1.93 bits per heavy atom. The predicted octanol–water partition coefficient (Wildman–Crippen LogP) is 3.21. The van der Waals surface area contributed by atoms with Crippen molar-refractivity contribution in [1.29, 1.82) is 0 Å². The highest BCUT2D eigenvalue weighted by Crippen LogP contribution is 2.44. The molecule has 234 valence electrons. The number of methoxy groups -OCH3 is 1. The van der Waals surface area contributed by atoms with Gasteiger partial charge in [0.25, 0.3) is 17.7 Å². The minimum absolute atomic E-state index is 0.0987. The number of fused-ring (bicyclic) bond motifs is 1. The van der Waals surface area contributed by atoms with E-state index < -0.39 is 84.1 Å². The fraction of sp³-hybridized carbons (Fsp3) is 0.615. The van der Waals surface area contributed by atoms with Crippen LogP contribution in [-0.2, 0) is 20.5 Å². The molecule has 0 aromatic heterocycles. The Morgan fingerprint density at radius 1 is 1.26 bits per heavy atom. The van der Waals surface area contributed by atoms with Crippen LogP contribution in [0.1, 0.15) is 49.5 Å². The molecule has 2 N–H and O–H groups in total. The van der Waals surface area contributed by atoms with E-state index in [1.54, 1.807) is 13.8 Å². The summed E-state index contributed by atoms with van der Waals surface area (Å²) < 4.78 is 79.3. The molecule has 1 saturated heterocycles. The van der Waals surface area contributed by atoms with Crippen molar-refractivity contribution in [3.63, 3.8) is 0 Å². The van der Waals surface area contributed by atoms with Crippen LogP contribution >= 0.6 is 0 Å². The first kappa shape index (κ1) is 32.8. The summed E-state index contributed by atoms with van der Waals surface area (Å²) in [6.45, 7) is 3.28. The van der Waals surface area contributed by atoms with Crippen LogP contribution in [0.25, 0.3) is 0 Å². The molecule has 42 heavy (non-hydrogen) atoms. The van der Waals surface area contributed by atoms with Gasteiger partial charge in [-0.1, -0.05) is 0 Å². The maximum Gasteiger partial charge on any atom is 0.417 e. The third kappa shape index (κ3) is 6.85. The molecule has 16 heteroatoms. The molecule has 1 aromatic carbocycles. The smallest absolute Gasteiger partial charge is 0.417 e. The van der Waals surface area contributed by atoms with E-state index >= 15 is 0 Å². The number of piperidine rings is 1. The molecule has 0 aliphatic carbocycles. The second kappa shape index (κ2) is 12.7. The summed E-state index contributed by atoms with van der Waals surface area (Å²) in [5.74, 6) is -3.86. The van der Waals surface area contributed by atoms with Crippen molar-refractivity contribution in [2.75, 3.05) is 44.8 Å². The van der Waals surface area contributed by atoms with Gasteiger partial charge < -0.3 is 34.6 Å². The number of carboxylic acid groups (broad SMARTS) is 1. The summed E-state index contributed by atoms with van der Waals surface area (Å²) >= 11 is 0. The number of ether oxygens (including phenoxy) is 2. The first-order chi connectivity index (χ1) is 19.5. The molecule has 0 radical (unpaired) electrons. The van der Waals surface area contributed by atoms with E-state index in [2.05, 4.69) is 0 Å². The third-order valence-electron chi connectivity index (χ3n) is 7.06. The maximum absolute atomic E-state index is 14.4. The number of hydrogen-bond donors (Lipinski definition) is 2. The van der Waals surface area contributed by atoms with Crippen LogP contribution in [-0.4, -0.2) is 103 Å². The van der Waals surface area contributed by atoms with Gasteiger partial charge in [0.1, 0.15) is 5.75 Å². The molecule has 2 heterocycles. The second-order valence-corrected chi connectivity index (χ2v) is 10.5. The lowest BCUT2D eigenvalue weighted by molar-refractivity contribution is -0.140. The Morgan fingerprint density at radius 3 is 2.48 bits per heavy atom. The number of nitrogens with one attached hydrogen (secondary N) is 1. The standard InChI is InChI=1S/C26H33F5N4O7/c1-14(2)35(15-6-5-8-33(12-15)24(39)40)22(37)16-10-18-19(11-17(16)26(29,30)31)42-25(3,13-41-4)23(38)34(18)9-7-32-21(36)20(27)28/h10-11,14-15,20H,5-9,12-13H2,1-4H3,(H,32,36)(H,39,40)/t15-,25?/m1/s1. The molecule has 1 unspecified atom stereocenters. The minimum Gasteiger partial charge on any atom is -0.473 e. The highest BCUT2D eigenvalue weighted by molar-refractivity contribution is 6.05. The van der Waals surface area contributed by atoms with Gasteiger partial charge in [-0.05, 0) is 45.7 Å². The quantitative estimate of drug-likeness (QED) is 0.412. The normalized spacial score (nSPS) is 20.8. The molecule has 1 aromatic rings. The van der Waals surface area contributed by atoms with Gasteiger partial charge in [0.05, 0.1) is 29.5 Å². The van der Waals surface area contributed by atoms with Gasteiger partial charge in [0.15, 0.2) is 0 Å². The van der Waals surface area contributed by atoms with Gasteiger partial charge in [-0.25, -0.2) is 4.79 Å². The van der Waals surface area contributed by atoms with Gasteiger partial charge in [0, 0.05) is 39.3 Å². The van der Waals surface area contributed by atoms with Crippen LogP contribution in [0.15, 0.2) is 12.1 Å². The van der Waals surface area contributed by atoms with Crippen LogP contribution in [0.5, 0.6) is 5.75 Å². The molecule has 11 nitrogen and oxygen atoms in total. The average molecular weight is 609 g/mol. The van der Waals surface area contributed by atoms with Crippen LogP contribution in [0.2, 0.25) is 0 Å². The third-order valence-corrected chi connectivity index (χ3v) is 7.06. The molecular formula is C26H33F5N4O7. The lowest BCUT2D eigenvalue weighted by Crippen LogP contribution is -2.58. The molecule has 0 saturated carbocycles. The molecule has 0 spiro atoms. The van der Waals surface area contributed by atoms with Crippen molar-refractivity contribution in [1.82, 2.24) is 15.1 Å². The lowest BCUT2D eigenvalue weighted by atomic mass is 9.96. The Kier molecular flexibility index (Phi) is 9.90. The van der Waals surface area contributed by atoms with Crippen molar-refractivity contribution in [2.24, 2.45) is 0 Å². The monoisotopic (exact) mass is 608 g/mol. The van der Waals surface area contributed by atoms with Crippen LogP contribution in [0.3, 0.4) is 0 Å². The van der Waals surface area contributed by atoms with Crippen molar-refractivity contribution in [3.8, 4) is 5.75 Å². The van der Waals surface area contributed by atoms with Crippen molar-refractivity contribution >= 4 is 29.5 Å². The van der Waals surface area contributed by atoms with Gasteiger partial charge in [-0.15, -0.1) is 0 Å². The lowest BCUT2D eigenvalue weighted by Gasteiger charge is -2.42. The number of alkyl halides is 5. The Bertz CT molecular complexity index is 1210. The zero-order chi connectivity index (χ0) is 31.6. The molecule has 3 rings (SSSR count). The molecule has 1 fully saturated rings. The zero-order valence-corrected chi connectivity index (χ0v) is 23.5. The Labute approximate surface area is 238 Å². The number of amides is 4. The van der Waals surface area contributed by atoms with Gasteiger partial charge >= 0.3 is 18.7 Å². The molecule has 0 bridgehead atoms. The van der Waals surface area contributed by atoms with E-state index in [1.807, 2.05) is 5.32 Å². The van der Waals surface area contributed by atoms with Crippen molar-refractivity contribution in [3.05, 3.63) is 23.3 Å². The highest BCUT2D eigenvalue weighted by atomic mass is 19.4. The maximum atomic E-state index is 14.4. The van der Waals surface area contributed by atoms with Gasteiger partial charge in [-0.3, -0.25) is 14.4 Å². The summed E-state index contributed by atoms with van der Waals surface area (Å²) in [6, 6.07) is 0.101. The van der Waals surface area contributed by atoms with E-state index in [-0.39, 0.29) is 25.4 Å². The van der Waals surface area contributed by atoms with Gasteiger partial charge in [-0.2, -0.15) is 22.0 Å². The number of nitrogens with zero attached hydrogens (tertiary/aromatic N) is 3. The number of likely N-dealkylation sites (tertiary alicyclic amines) is 1. The molecule has 2 aliphatic heterocycles. The summed E-state index contributed by atoms with van der Waals surface area (Å²) in [7, 11) is 1.24. The molecule has 2 aliphatic rings. The SMILES string of the molecule is COCC1(C)Oc2cc(C(F)(F)F)c(C(=O)N(C(C)C)[C@@H]3CCCN(C(=O)O)C3)cc2N(CCNC(=O)C(F)F)C1=O. The van der Waals surface area contributed by atoms with E-state index in [4.69, 9.17) is 9.47 Å². The summed E-state index contributed by atoms with van der Waals surface area (Å²) in [5.41, 5.74) is -4.20. The number of rotatable bonds is 9. The number of hydrogen-bond acceptors (Lipinski definition) is 6. The first-order valence-electron chi connectivity index (χ1n) is 13.1. The molecule has 4 amide bonds.